The summed E-state index contributed by atoms with van der Waals surface area (Å²) in [6.45, 7) is 1.94. The Bertz CT molecular complexity index is 118. The van der Waals surface area contributed by atoms with Gasteiger partial charge in [-0.2, -0.15) is 0 Å². The highest BCUT2D eigenvalue weighted by atomic mass is 16.5. The van der Waals surface area contributed by atoms with Crippen molar-refractivity contribution >= 4 is 0 Å². The molecule has 0 aromatic heterocycles. The van der Waals surface area contributed by atoms with Crippen molar-refractivity contribution in [1.82, 2.24) is 0 Å². The van der Waals surface area contributed by atoms with E-state index in [1.807, 2.05) is 0 Å². The van der Waals surface area contributed by atoms with Crippen molar-refractivity contribution in [2.24, 2.45) is 0 Å². The molecule has 1 N–H and O–H groups in total. The molecule has 1 aliphatic rings. The van der Waals surface area contributed by atoms with E-state index in [4.69, 9.17) is 9.84 Å². The van der Waals surface area contributed by atoms with E-state index >= 15 is 0 Å². The van der Waals surface area contributed by atoms with E-state index < -0.39 is 0 Å². The summed E-state index contributed by atoms with van der Waals surface area (Å²) >= 11 is 0. The summed E-state index contributed by atoms with van der Waals surface area (Å²) in [5.41, 5.74) is 1.35. The molecule has 0 atom stereocenters. The monoisotopic (exact) mass is 142 g/mol. The van der Waals surface area contributed by atoms with Crippen LogP contribution < -0.4 is 0 Å². The van der Waals surface area contributed by atoms with E-state index in [0.717, 1.165) is 32.5 Å². The zero-order valence-corrected chi connectivity index (χ0v) is 6.18. The fraction of sp³-hybridized carbons (Fsp3) is 0.750. The van der Waals surface area contributed by atoms with Crippen LogP contribution in [0.5, 0.6) is 0 Å². The van der Waals surface area contributed by atoms with Gasteiger partial charge in [0.1, 0.15) is 0 Å². The normalized spacial score (nSPS) is 19.9. The fourth-order valence-electron chi connectivity index (χ4n) is 1.12. The molecule has 0 bridgehead atoms. The first-order valence-corrected chi connectivity index (χ1v) is 3.80. The predicted molar refractivity (Wildman–Crippen MR) is 39.8 cm³/mol. The highest BCUT2D eigenvalue weighted by molar-refractivity contribution is 5.02. The molecule has 0 unspecified atom stereocenters. The van der Waals surface area contributed by atoms with Gasteiger partial charge in [0.25, 0.3) is 0 Å². The van der Waals surface area contributed by atoms with Crippen LogP contribution in [0.25, 0.3) is 0 Å². The van der Waals surface area contributed by atoms with Crippen molar-refractivity contribution < 1.29 is 9.84 Å². The molecular weight excluding hydrogens is 128 g/mol. The lowest BCUT2D eigenvalue weighted by molar-refractivity contribution is 0.146. The molecule has 0 saturated heterocycles. The van der Waals surface area contributed by atoms with Gasteiger partial charge in [-0.3, -0.25) is 0 Å². The summed E-state index contributed by atoms with van der Waals surface area (Å²) < 4.78 is 5.24. The van der Waals surface area contributed by atoms with Crippen molar-refractivity contribution in [3.8, 4) is 0 Å². The van der Waals surface area contributed by atoms with Crippen LogP contribution in [0.4, 0.5) is 0 Å². The molecule has 0 amide bonds. The summed E-state index contributed by atoms with van der Waals surface area (Å²) in [5.74, 6) is 0. The van der Waals surface area contributed by atoms with Crippen LogP contribution in [0, 0.1) is 0 Å². The van der Waals surface area contributed by atoms with Crippen molar-refractivity contribution in [1.29, 1.82) is 0 Å². The molecule has 0 aromatic rings. The van der Waals surface area contributed by atoms with Gasteiger partial charge >= 0.3 is 0 Å². The van der Waals surface area contributed by atoms with E-state index in [1.54, 1.807) is 0 Å². The molecule has 58 valence electrons. The van der Waals surface area contributed by atoms with Crippen LogP contribution in [-0.4, -0.2) is 24.9 Å². The number of hydrogen-bond donors (Lipinski definition) is 1. The minimum absolute atomic E-state index is 0.270. The van der Waals surface area contributed by atoms with Crippen LogP contribution >= 0.6 is 0 Å². The third-order valence-electron chi connectivity index (χ3n) is 1.70. The molecular formula is C8H14O2. The molecule has 1 aliphatic heterocycles. The molecule has 1 rings (SSSR count). The molecule has 0 saturated carbocycles. The Labute approximate surface area is 61.5 Å². The van der Waals surface area contributed by atoms with Gasteiger partial charge in [-0.1, -0.05) is 11.6 Å². The average molecular weight is 142 g/mol. The van der Waals surface area contributed by atoms with E-state index in [1.165, 1.54) is 5.57 Å². The SMILES string of the molecule is OCCC1=CCCOCC1. The second-order valence-electron chi connectivity index (χ2n) is 2.49. The highest BCUT2D eigenvalue weighted by Gasteiger charge is 2.00. The Kier molecular flexibility index (Phi) is 3.47. The second kappa shape index (κ2) is 4.47. The fourth-order valence-corrected chi connectivity index (χ4v) is 1.12. The van der Waals surface area contributed by atoms with Gasteiger partial charge in [0, 0.05) is 6.61 Å². The average Bonchev–Trinajstić information content (AvgIpc) is 2.17. The number of rotatable bonds is 2. The number of hydrogen-bond acceptors (Lipinski definition) is 2. The summed E-state index contributed by atoms with van der Waals surface area (Å²) in [7, 11) is 0. The number of aliphatic hydroxyl groups excluding tert-OH is 1. The largest absolute Gasteiger partial charge is 0.396 e. The van der Waals surface area contributed by atoms with Crippen LogP contribution in [0.2, 0.25) is 0 Å². The van der Waals surface area contributed by atoms with Crippen molar-refractivity contribution in [2.75, 3.05) is 19.8 Å². The van der Waals surface area contributed by atoms with Gasteiger partial charge in [-0.15, -0.1) is 0 Å². The zero-order chi connectivity index (χ0) is 7.23. The Morgan fingerprint density at radius 3 is 3.20 bits per heavy atom. The Hall–Kier alpha value is -0.340. The number of aliphatic hydroxyl groups is 1. The quantitative estimate of drug-likeness (QED) is 0.585. The summed E-state index contributed by atoms with van der Waals surface area (Å²) in [5, 5.41) is 8.63. The first-order chi connectivity index (χ1) is 4.93. The molecule has 0 aromatic carbocycles. The van der Waals surface area contributed by atoms with Gasteiger partial charge in [0.2, 0.25) is 0 Å². The maximum atomic E-state index is 8.63. The van der Waals surface area contributed by atoms with Crippen LogP contribution in [0.15, 0.2) is 11.6 Å². The van der Waals surface area contributed by atoms with Crippen LogP contribution in [0.1, 0.15) is 19.3 Å². The molecule has 2 nitrogen and oxygen atoms in total. The van der Waals surface area contributed by atoms with Crippen LogP contribution in [0.3, 0.4) is 0 Å². The minimum Gasteiger partial charge on any atom is -0.396 e. The van der Waals surface area contributed by atoms with Gasteiger partial charge < -0.3 is 9.84 Å². The highest BCUT2D eigenvalue weighted by Crippen LogP contribution is 2.11. The van der Waals surface area contributed by atoms with Crippen molar-refractivity contribution in [3.63, 3.8) is 0 Å². The topological polar surface area (TPSA) is 29.5 Å². The second-order valence-corrected chi connectivity index (χ2v) is 2.49. The lowest BCUT2D eigenvalue weighted by atomic mass is 10.1. The Morgan fingerprint density at radius 2 is 2.40 bits per heavy atom. The Balaban J connectivity index is 2.31. The maximum absolute atomic E-state index is 8.63. The van der Waals surface area contributed by atoms with E-state index in [9.17, 15) is 0 Å². The third-order valence-corrected chi connectivity index (χ3v) is 1.70. The lowest BCUT2D eigenvalue weighted by Gasteiger charge is -2.00. The molecule has 0 aliphatic carbocycles. The smallest absolute Gasteiger partial charge is 0.0503 e. The molecule has 0 spiro atoms. The first-order valence-electron chi connectivity index (χ1n) is 3.80. The van der Waals surface area contributed by atoms with Gasteiger partial charge in [0.15, 0.2) is 0 Å². The molecule has 2 heteroatoms. The van der Waals surface area contributed by atoms with E-state index in [-0.39, 0.29) is 6.61 Å². The van der Waals surface area contributed by atoms with Crippen LogP contribution in [-0.2, 0) is 4.74 Å². The predicted octanol–water partition coefficient (Wildman–Crippen LogP) is 1.11. The Morgan fingerprint density at radius 1 is 1.50 bits per heavy atom. The molecule has 0 fully saturated rings. The van der Waals surface area contributed by atoms with E-state index in [2.05, 4.69) is 6.08 Å². The van der Waals surface area contributed by atoms with Gasteiger partial charge in [-0.25, -0.2) is 0 Å². The van der Waals surface area contributed by atoms with E-state index in [0.29, 0.717) is 0 Å². The maximum Gasteiger partial charge on any atom is 0.0503 e. The van der Waals surface area contributed by atoms with Crippen molar-refractivity contribution in [2.45, 2.75) is 19.3 Å². The number of ether oxygens (including phenoxy) is 1. The molecule has 0 radical (unpaired) electrons. The molecule has 1 heterocycles. The zero-order valence-electron chi connectivity index (χ0n) is 6.18. The molecule has 10 heavy (non-hydrogen) atoms. The van der Waals surface area contributed by atoms with Crippen molar-refractivity contribution in [3.05, 3.63) is 11.6 Å². The summed E-state index contributed by atoms with van der Waals surface area (Å²) in [4.78, 5) is 0. The standard InChI is InChI=1S/C8H14O2/c9-5-3-8-2-1-6-10-7-4-8/h2,9H,1,3-7H2. The summed E-state index contributed by atoms with van der Waals surface area (Å²) in [6, 6.07) is 0. The summed E-state index contributed by atoms with van der Waals surface area (Å²) in [6.07, 6.45) is 5.02. The lowest BCUT2D eigenvalue weighted by Crippen LogP contribution is -1.93. The van der Waals surface area contributed by atoms with Gasteiger partial charge in [-0.05, 0) is 19.3 Å². The minimum atomic E-state index is 0.270. The first kappa shape index (κ1) is 7.76. The van der Waals surface area contributed by atoms with Gasteiger partial charge in [0.05, 0.1) is 13.2 Å². The third kappa shape index (κ3) is 2.50.